The average Bonchev–Trinajstić information content (AvgIpc) is 3.28. The molecule has 5 heteroatoms. The lowest BCUT2D eigenvalue weighted by Gasteiger charge is -2.03. The number of carbonyl (C=O) groups is 1. The van der Waals surface area contributed by atoms with Crippen LogP contribution in [0, 0.1) is 0 Å². The van der Waals surface area contributed by atoms with Crippen LogP contribution in [-0.4, -0.2) is 10.7 Å². The van der Waals surface area contributed by atoms with Crippen molar-refractivity contribution in [2.45, 2.75) is 168 Å². The van der Waals surface area contributed by atoms with Crippen LogP contribution in [0.15, 0.2) is 18.7 Å². The molecule has 0 bridgehead atoms. The maximum atomic E-state index is 8.33. The largest absolute Gasteiger partial charge is 1.00 e. The second-order valence-corrected chi connectivity index (χ2v) is 10.2. The van der Waals surface area contributed by atoms with Crippen molar-refractivity contribution in [3.8, 4) is 0 Å². The summed E-state index contributed by atoms with van der Waals surface area (Å²) in [4.78, 5) is 8.33. The third-order valence-electron chi connectivity index (χ3n) is 6.79. The summed E-state index contributed by atoms with van der Waals surface area (Å²) in [6.07, 6.45) is 35.9. The zero-order chi connectivity index (χ0) is 25.8. The molecule has 0 aromatic carbocycles. The Balaban J connectivity index is 0. The first-order valence-corrected chi connectivity index (χ1v) is 15.0. The van der Waals surface area contributed by atoms with Gasteiger partial charge in [0.1, 0.15) is 12.4 Å². The first-order valence-electron chi connectivity index (χ1n) is 15.0. The summed E-state index contributed by atoms with van der Waals surface area (Å²) < 4.78 is 4.77. The van der Waals surface area contributed by atoms with E-state index < -0.39 is 6.16 Å². The van der Waals surface area contributed by atoms with Gasteiger partial charge in [-0.05, 0) is 31.8 Å². The molecule has 0 radical (unpaired) electrons. The maximum Gasteiger partial charge on any atom is 1.00 e. The van der Waals surface area contributed by atoms with Crippen molar-refractivity contribution < 1.29 is 21.0 Å². The maximum absolute atomic E-state index is 8.33. The molecule has 0 amide bonds. The van der Waals surface area contributed by atoms with Gasteiger partial charge in [-0.2, -0.15) is 0 Å². The molecule has 0 aliphatic carbocycles. The van der Waals surface area contributed by atoms with E-state index in [0.717, 1.165) is 0 Å². The lowest BCUT2D eigenvalue weighted by molar-refractivity contribution is -0.696. The number of nitrogens with zero attached hydrogens (tertiary/aromatic N) is 2. The van der Waals surface area contributed by atoms with E-state index in [1.54, 1.807) is 0 Å². The fourth-order valence-corrected chi connectivity index (χ4v) is 4.62. The van der Waals surface area contributed by atoms with Crippen molar-refractivity contribution in [3.63, 3.8) is 0 Å². The van der Waals surface area contributed by atoms with E-state index in [1.165, 1.54) is 154 Å². The highest BCUT2D eigenvalue weighted by Crippen LogP contribution is 2.13. The van der Waals surface area contributed by atoms with Crippen molar-refractivity contribution in [1.29, 1.82) is 0 Å². The summed E-state index contributed by atoms with van der Waals surface area (Å²) >= 11 is 0. The van der Waals surface area contributed by atoms with Gasteiger partial charge in [0.05, 0.1) is 13.1 Å². The Morgan fingerprint density at radius 1 is 0.629 bits per heavy atom. The Morgan fingerprint density at radius 3 is 1.37 bits per heavy atom. The summed E-state index contributed by atoms with van der Waals surface area (Å²) in [6.45, 7) is 6.98. The van der Waals surface area contributed by atoms with Gasteiger partial charge in [0.25, 0.3) is 0 Å². The monoisotopic (exact) mass is 494 g/mol. The van der Waals surface area contributed by atoms with Gasteiger partial charge < -0.3 is 15.0 Å². The number of unbranched alkanes of at least 4 members (excludes halogenated alkanes) is 20. The Labute approximate surface area is 218 Å². The van der Waals surface area contributed by atoms with Crippen molar-refractivity contribution in [3.05, 3.63) is 18.7 Å². The molecule has 0 atom stereocenters. The summed E-state index contributed by atoms with van der Waals surface area (Å²) in [5, 5.41) is 16.7. The van der Waals surface area contributed by atoms with Crippen LogP contribution >= 0.6 is 0 Å². The van der Waals surface area contributed by atoms with E-state index in [0.29, 0.717) is 0 Å². The van der Waals surface area contributed by atoms with Crippen LogP contribution in [-0.2, 0) is 13.1 Å². The first kappa shape index (κ1) is 33.5. The standard InChI is InChI=1S/C29H57N2.CH2O3/c1-3-5-7-9-11-12-13-14-15-16-17-18-19-20-22-24-26-31-28-27-30(29-31)25-23-21-10-8-6-4-2;2-1(3)4/h27-29H,3-26H2,1-2H3;(H2,2,3,4)/q+1;/p-1. The van der Waals surface area contributed by atoms with Gasteiger partial charge in [-0.1, -0.05) is 129 Å². The molecule has 0 N–H and O–H groups in total. The summed E-state index contributed by atoms with van der Waals surface area (Å²) in [7, 11) is 0. The Hall–Kier alpha value is -1.52. The molecule has 1 aromatic heterocycles. The topological polar surface area (TPSA) is 72.0 Å². The molecule has 206 valence electrons. The van der Waals surface area contributed by atoms with Crippen molar-refractivity contribution in [2.24, 2.45) is 0 Å². The van der Waals surface area contributed by atoms with Crippen LogP contribution in [0.2, 0.25) is 0 Å². The van der Waals surface area contributed by atoms with Gasteiger partial charge in [0, 0.05) is 0 Å². The number of rotatable bonds is 24. The highest BCUT2D eigenvalue weighted by molar-refractivity contribution is 5.47. The number of imidazole rings is 1. The van der Waals surface area contributed by atoms with E-state index >= 15 is 0 Å². The molecule has 1 aromatic rings. The van der Waals surface area contributed by atoms with Crippen LogP contribution in [0.1, 0.15) is 157 Å². The van der Waals surface area contributed by atoms with Crippen LogP contribution in [0.25, 0.3) is 0 Å². The molecule has 0 aliphatic rings. The van der Waals surface area contributed by atoms with Crippen LogP contribution in [0.4, 0.5) is 4.79 Å². The normalized spacial score (nSPS) is 10.8. The molecule has 5 nitrogen and oxygen atoms in total. The molecule has 1 rings (SSSR count). The fourth-order valence-electron chi connectivity index (χ4n) is 4.62. The predicted octanol–water partition coefficient (Wildman–Crippen LogP) is 7.06. The molecule has 0 unspecified atom stereocenters. The minimum atomic E-state index is -2.33. The molecule has 0 saturated heterocycles. The third kappa shape index (κ3) is 26.9. The van der Waals surface area contributed by atoms with Crippen LogP contribution in [0.3, 0.4) is 0 Å². The highest BCUT2D eigenvalue weighted by atomic mass is 16.6. The van der Waals surface area contributed by atoms with Gasteiger partial charge in [-0.15, -0.1) is 0 Å². The van der Waals surface area contributed by atoms with E-state index in [9.17, 15) is 0 Å². The lowest BCUT2D eigenvalue weighted by atomic mass is 10.0. The Bertz CT molecular complexity index is 562. The van der Waals surface area contributed by atoms with E-state index in [4.69, 9.17) is 15.0 Å². The summed E-state index contributed by atoms with van der Waals surface area (Å²) in [6, 6.07) is 0. The molecule has 0 spiro atoms. The van der Waals surface area contributed by atoms with Crippen molar-refractivity contribution in [1.82, 2.24) is 4.57 Å². The lowest BCUT2D eigenvalue weighted by Crippen LogP contribution is -2.37. The molecule has 0 aliphatic heterocycles. The predicted molar refractivity (Wildman–Crippen MR) is 144 cm³/mol. The van der Waals surface area contributed by atoms with Gasteiger partial charge in [-0.3, -0.25) is 0 Å². The second-order valence-electron chi connectivity index (χ2n) is 10.2. The van der Waals surface area contributed by atoms with E-state index in [-0.39, 0.29) is 1.43 Å². The van der Waals surface area contributed by atoms with Gasteiger partial charge in [0.15, 0.2) is 0 Å². The number of hydrogen-bond donors (Lipinski definition) is 0. The number of hydrogen-bond acceptors (Lipinski definition) is 3. The molecule has 35 heavy (non-hydrogen) atoms. The summed E-state index contributed by atoms with van der Waals surface area (Å²) in [5.41, 5.74) is 0. The van der Waals surface area contributed by atoms with Crippen LogP contribution in [0.5, 0.6) is 0 Å². The molecule has 0 saturated carbocycles. The number of carbonyl (C=O) groups excluding carboxylic acids is 1. The summed E-state index contributed by atoms with van der Waals surface area (Å²) in [5.74, 6) is 0. The first-order chi connectivity index (χ1) is 17.1. The molecular formula is C30H58N2O3. The Kier molecular flexibility index (Phi) is 25.9. The van der Waals surface area contributed by atoms with Crippen LogP contribution < -0.4 is 14.8 Å². The van der Waals surface area contributed by atoms with Gasteiger partial charge >= 0.3 is 1.43 Å². The number of carboxylic acid groups (broad SMARTS) is 2. The SMILES string of the molecule is CCCCCCCCCCCCCCCCCC[n+]1ccn(CCCCCCCC)c1.O=C([O-])[O-].[H+]. The minimum Gasteiger partial charge on any atom is -0.652 e. The number of aromatic nitrogens is 2. The smallest absolute Gasteiger partial charge is 0.652 e. The van der Waals surface area contributed by atoms with Gasteiger partial charge in [-0.25, -0.2) is 9.13 Å². The van der Waals surface area contributed by atoms with Gasteiger partial charge in [0.2, 0.25) is 6.33 Å². The van der Waals surface area contributed by atoms with E-state index in [2.05, 4.69) is 41.7 Å². The van der Waals surface area contributed by atoms with Crippen molar-refractivity contribution in [2.75, 3.05) is 0 Å². The molecule has 1 heterocycles. The van der Waals surface area contributed by atoms with E-state index in [1.807, 2.05) is 0 Å². The zero-order valence-corrected chi connectivity index (χ0v) is 23.3. The van der Waals surface area contributed by atoms with Crippen molar-refractivity contribution >= 4 is 6.16 Å². The number of aryl methyl sites for hydroxylation is 2. The highest BCUT2D eigenvalue weighted by Gasteiger charge is 2.03. The molecule has 0 fully saturated rings. The fraction of sp³-hybridized carbons (Fsp3) is 0.867. The third-order valence-corrected chi connectivity index (χ3v) is 6.79. The zero-order valence-electron chi connectivity index (χ0n) is 24.3. The molecular weight excluding hydrogens is 436 g/mol. The quantitative estimate of drug-likeness (QED) is 0.114. The average molecular weight is 495 g/mol. The second kappa shape index (κ2) is 27.1. The minimum absolute atomic E-state index is 0. The Morgan fingerprint density at radius 2 is 0.971 bits per heavy atom.